The standard InChI is InChI=1S/C26H24Si/c1-26(2,3)27(25-17-11-6-12-18-25,21-19-23-13-7-4-8-14-23)22-20-24-15-9-5-10-16-24/h4-18H,1-3H3. The molecule has 0 aromatic heterocycles. The molecule has 0 unspecified atom stereocenters. The van der Waals surface area contributed by atoms with E-state index in [4.69, 9.17) is 0 Å². The Morgan fingerprint density at radius 1 is 0.556 bits per heavy atom. The maximum absolute atomic E-state index is 3.69. The van der Waals surface area contributed by atoms with E-state index in [-0.39, 0.29) is 5.04 Å². The Kier molecular flexibility index (Phi) is 5.65. The lowest BCUT2D eigenvalue weighted by molar-refractivity contribution is 0.741. The highest BCUT2D eigenvalue weighted by atomic mass is 28.3. The molecule has 3 aromatic carbocycles. The van der Waals surface area contributed by atoms with E-state index in [1.807, 2.05) is 36.4 Å². The number of hydrogen-bond acceptors (Lipinski definition) is 0. The van der Waals surface area contributed by atoms with Crippen LogP contribution < -0.4 is 5.19 Å². The third-order valence-corrected chi connectivity index (χ3v) is 9.12. The van der Waals surface area contributed by atoms with E-state index < -0.39 is 8.07 Å². The van der Waals surface area contributed by atoms with Crippen LogP contribution >= 0.6 is 0 Å². The lowest BCUT2D eigenvalue weighted by Gasteiger charge is -2.34. The summed E-state index contributed by atoms with van der Waals surface area (Å²) in [4.78, 5) is 0. The zero-order valence-electron chi connectivity index (χ0n) is 16.2. The second-order valence-corrected chi connectivity index (χ2v) is 11.7. The van der Waals surface area contributed by atoms with Crippen LogP contribution in [0, 0.1) is 22.9 Å². The van der Waals surface area contributed by atoms with Gasteiger partial charge in [0.25, 0.3) is 8.07 Å². The minimum atomic E-state index is -2.46. The summed E-state index contributed by atoms with van der Waals surface area (Å²) in [5.41, 5.74) is 9.46. The first-order valence-electron chi connectivity index (χ1n) is 9.23. The molecule has 0 aliphatic heterocycles. The quantitative estimate of drug-likeness (QED) is 0.405. The van der Waals surface area contributed by atoms with Crippen LogP contribution in [0.15, 0.2) is 91.0 Å². The Bertz CT molecular complexity index is 932. The zero-order chi connectivity index (χ0) is 19.2. The van der Waals surface area contributed by atoms with Crippen LogP contribution in [-0.4, -0.2) is 8.07 Å². The fraction of sp³-hybridized carbons (Fsp3) is 0.154. The summed E-state index contributed by atoms with van der Waals surface area (Å²) < 4.78 is 0. The molecule has 0 fully saturated rings. The minimum Gasteiger partial charge on any atom is -0.104 e. The van der Waals surface area contributed by atoms with Gasteiger partial charge in [0.2, 0.25) is 0 Å². The Morgan fingerprint density at radius 3 is 1.30 bits per heavy atom. The number of benzene rings is 3. The van der Waals surface area contributed by atoms with E-state index in [1.54, 1.807) is 0 Å². The van der Waals surface area contributed by atoms with E-state index in [9.17, 15) is 0 Å². The molecule has 0 aliphatic rings. The van der Waals surface area contributed by atoms with Crippen molar-refractivity contribution in [1.82, 2.24) is 0 Å². The molecule has 1 heteroatoms. The van der Waals surface area contributed by atoms with Crippen molar-refractivity contribution in [2.75, 3.05) is 0 Å². The second kappa shape index (κ2) is 8.13. The molecule has 0 bridgehead atoms. The van der Waals surface area contributed by atoms with E-state index in [1.165, 1.54) is 5.19 Å². The van der Waals surface area contributed by atoms with Crippen LogP contribution in [0.5, 0.6) is 0 Å². The summed E-state index contributed by atoms with van der Waals surface area (Å²) in [6.07, 6.45) is 0. The topological polar surface area (TPSA) is 0 Å². The third kappa shape index (κ3) is 4.40. The molecule has 0 amide bonds. The first-order chi connectivity index (χ1) is 13.0. The minimum absolute atomic E-state index is 0.0298. The lowest BCUT2D eigenvalue weighted by atomic mass is 10.2. The lowest BCUT2D eigenvalue weighted by Crippen LogP contribution is -2.53. The predicted octanol–water partition coefficient (Wildman–Crippen LogP) is 5.32. The van der Waals surface area contributed by atoms with Crippen LogP contribution in [0.4, 0.5) is 0 Å². The molecule has 0 saturated carbocycles. The SMILES string of the molecule is CC(C)(C)[Si](C#Cc1ccccc1)(C#Cc1ccccc1)c1ccccc1. The summed E-state index contributed by atoms with van der Waals surface area (Å²) in [5, 5.41) is 1.24. The highest BCUT2D eigenvalue weighted by molar-refractivity contribution is 7.06. The predicted molar refractivity (Wildman–Crippen MR) is 118 cm³/mol. The van der Waals surface area contributed by atoms with E-state index in [0.717, 1.165) is 11.1 Å². The Hall–Kier alpha value is -3.00. The third-order valence-electron chi connectivity index (χ3n) is 4.67. The Balaban J connectivity index is 2.21. The summed E-state index contributed by atoms with van der Waals surface area (Å²) in [6.45, 7) is 6.81. The van der Waals surface area contributed by atoms with E-state index in [2.05, 4.69) is 98.3 Å². The van der Waals surface area contributed by atoms with Gasteiger partial charge in [-0.15, -0.1) is 11.1 Å². The molecule has 0 radical (unpaired) electrons. The molecule has 3 rings (SSSR count). The largest absolute Gasteiger partial charge is 0.252 e. The van der Waals surface area contributed by atoms with Crippen molar-refractivity contribution in [1.29, 1.82) is 0 Å². The molecule has 0 N–H and O–H groups in total. The monoisotopic (exact) mass is 364 g/mol. The Labute approximate surface area is 164 Å². The highest BCUT2D eigenvalue weighted by Gasteiger charge is 2.44. The van der Waals surface area contributed by atoms with Crippen LogP contribution in [0.1, 0.15) is 31.9 Å². The van der Waals surface area contributed by atoms with Crippen molar-refractivity contribution >= 4 is 13.3 Å². The highest BCUT2D eigenvalue weighted by Crippen LogP contribution is 2.35. The molecule has 0 heterocycles. The van der Waals surface area contributed by atoms with Gasteiger partial charge < -0.3 is 0 Å². The number of hydrogen-bond donors (Lipinski definition) is 0. The van der Waals surface area contributed by atoms with E-state index >= 15 is 0 Å². The van der Waals surface area contributed by atoms with Crippen LogP contribution in [0.2, 0.25) is 5.04 Å². The van der Waals surface area contributed by atoms with Gasteiger partial charge in [0.15, 0.2) is 0 Å². The van der Waals surface area contributed by atoms with Gasteiger partial charge in [0, 0.05) is 11.1 Å². The first kappa shape index (κ1) is 18.8. The van der Waals surface area contributed by atoms with Crippen LogP contribution in [0.25, 0.3) is 0 Å². The zero-order valence-corrected chi connectivity index (χ0v) is 17.2. The first-order valence-corrected chi connectivity index (χ1v) is 11.2. The van der Waals surface area contributed by atoms with Gasteiger partial charge in [-0.2, -0.15) is 0 Å². The molecule has 132 valence electrons. The fourth-order valence-electron chi connectivity index (χ4n) is 3.05. The summed E-state index contributed by atoms with van der Waals surface area (Å²) >= 11 is 0. The van der Waals surface area contributed by atoms with Gasteiger partial charge in [-0.1, -0.05) is 99.3 Å². The molecule has 0 saturated heterocycles. The molecule has 3 aromatic rings. The van der Waals surface area contributed by atoms with Crippen LogP contribution in [-0.2, 0) is 0 Å². The van der Waals surface area contributed by atoms with Gasteiger partial charge in [-0.25, -0.2) is 0 Å². The fourth-order valence-corrected chi connectivity index (χ4v) is 6.37. The molecular formula is C26H24Si. The molecular weight excluding hydrogens is 340 g/mol. The maximum atomic E-state index is 3.69. The summed E-state index contributed by atoms with van der Waals surface area (Å²) in [5.74, 6) is 6.87. The van der Waals surface area contributed by atoms with Gasteiger partial charge in [-0.05, 0) is 34.5 Å². The van der Waals surface area contributed by atoms with Crippen molar-refractivity contribution in [3.05, 3.63) is 102 Å². The van der Waals surface area contributed by atoms with Gasteiger partial charge in [0.05, 0.1) is 0 Å². The van der Waals surface area contributed by atoms with Crippen LogP contribution in [0.3, 0.4) is 0 Å². The smallest absolute Gasteiger partial charge is 0.104 e. The van der Waals surface area contributed by atoms with Gasteiger partial charge in [-0.3, -0.25) is 0 Å². The Morgan fingerprint density at radius 2 is 0.926 bits per heavy atom. The normalized spacial score (nSPS) is 10.9. The average molecular weight is 365 g/mol. The molecule has 27 heavy (non-hydrogen) atoms. The molecule has 0 spiro atoms. The number of rotatable bonds is 1. The second-order valence-electron chi connectivity index (χ2n) is 7.60. The van der Waals surface area contributed by atoms with Gasteiger partial charge in [0.1, 0.15) is 0 Å². The van der Waals surface area contributed by atoms with Crippen molar-refractivity contribution in [3.63, 3.8) is 0 Å². The molecule has 0 nitrogen and oxygen atoms in total. The van der Waals surface area contributed by atoms with Crippen molar-refractivity contribution in [2.24, 2.45) is 0 Å². The molecule has 0 atom stereocenters. The summed E-state index contributed by atoms with van der Waals surface area (Å²) in [6, 6.07) is 31.0. The van der Waals surface area contributed by atoms with Crippen molar-refractivity contribution < 1.29 is 0 Å². The van der Waals surface area contributed by atoms with Gasteiger partial charge >= 0.3 is 0 Å². The average Bonchev–Trinajstić information content (AvgIpc) is 2.69. The molecule has 0 aliphatic carbocycles. The summed E-state index contributed by atoms with van der Waals surface area (Å²) in [7, 11) is -2.46. The van der Waals surface area contributed by atoms with Crippen molar-refractivity contribution in [2.45, 2.75) is 25.8 Å². The van der Waals surface area contributed by atoms with E-state index in [0.29, 0.717) is 0 Å². The van der Waals surface area contributed by atoms with Crippen molar-refractivity contribution in [3.8, 4) is 22.9 Å². The maximum Gasteiger partial charge on any atom is 0.252 e.